The smallest absolute Gasteiger partial charge is 0.243 e. The van der Waals surface area contributed by atoms with Gasteiger partial charge in [0.25, 0.3) is 0 Å². The number of imide groups is 1. The van der Waals surface area contributed by atoms with Gasteiger partial charge in [-0.1, -0.05) is 0 Å². The fourth-order valence-electron chi connectivity index (χ4n) is 3.73. The number of hydrogen-bond donors (Lipinski definition) is 1. The number of nitrogens with zero attached hydrogens (tertiary/aromatic N) is 3. The van der Waals surface area contributed by atoms with E-state index in [0.717, 1.165) is 51.9 Å². The predicted molar refractivity (Wildman–Crippen MR) is 79.6 cm³/mol. The molecule has 3 aliphatic rings. The molecule has 0 aliphatic carbocycles. The van der Waals surface area contributed by atoms with Gasteiger partial charge in [0.15, 0.2) is 0 Å². The van der Waals surface area contributed by atoms with Crippen LogP contribution in [0.25, 0.3) is 0 Å². The van der Waals surface area contributed by atoms with Crippen LogP contribution in [0.15, 0.2) is 0 Å². The van der Waals surface area contributed by atoms with E-state index < -0.39 is 0 Å². The molecule has 118 valence electrons. The van der Waals surface area contributed by atoms with Gasteiger partial charge in [-0.15, -0.1) is 0 Å². The first kappa shape index (κ1) is 14.9. The first-order chi connectivity index (χ1) is 10.1. The van der Waals surface area contributed by atoms with Crippen LogP contribution in [-0.2, 0) is 9.59 Å². The Morgan fingerprint density at radius 1 is 1.14 bits per heavy atom. The summed E-state index contributed by atoms with van der Waals surface area (Å²) in [5.41, 5.74) is 5.95. The lowest BCUT2D eigenvalue weighted by atomic mass is 10.0. The topological polar surface area (TPSA) is 69.9 Å². The molecule has 1 atom stereocenters. The lowest BCUT2D eigenvalue weighted by Gasteiger charge is -2.34. The minimum atomic E-state index is -0.0150. The Hall–Kier alpha value is -0.980. The number of likely N-dealkylation sites (tertiary alicyclic amines) is 3. The van der Waals surface area contributed by atoms with Crippen molar-refractivity contribution in [3.63, 3.8) is 0 Å². The van der Waals surface area contributed by atoms with E-state index in [0.29, 0.717) is 31.6 Å². The van der Waals surface area contributed by atoms with Gasteiger partial charge in [-0.25, -0.2) is 0 Å². The molecule has 0 saturated carbocycles. The van der Waals surface area contributed by atoms with Gasteiger partial charge in [-0.2, -0.15) is 0 Å². The number of carbonyl (C=O) groups is 2. The third kappa shape index (κ3) is 3.44. The Balaban J connectivity index is 1.46. The number of piperidine rings is 1. The Morgan fingerprint density at radius 2 is 1.90 bits per heavy atom. The van der Waals surface area contributed by atoms with Gasteiger partial charge in [-0.05, 0) is 38.8 Å². The fraction of sp³-hybridized carbons (Fsp3) is 0.867. The Bertz CT molecular complexity index is 406. The highest BCUT2D eigenvalue weighted by Crippen LogP contribution is 2.20. The first-order valence-electron chi connectivity index (χ1n) is 8.18. The third-order valence-corrected chi connectivity index (χ3v) is 5.07. The average Bonchev–Trinajstić information content (AvgIpc) is 3.09. The molecule has 6 nitrogen and oxygen atoms in total. The lowest BCUT2D eigenvalue weighted by Crippen LogP contribution is -2.46. The Labute approximate surface area is 126 Å². The van der Waals surface area contributed by atoms with Crippen molar-refractivity contribution < 1.29 is 9.59 Å². The monoisotopic (exact) mass is 294 g/mol. The van der Waals surface area contributed by atoms with Crippen LogP contribution in [0.2, 0.25) is 0 Å². The van der Waals surface area contributed by atoms with Crippen LogP contribution < -0.4 is 5.73 Å². The minimum absolute atomic E-state index is 0.000708. The summed E-state index contributed by atoms with van der Waals surface area (Å²) >= 11 is 0. The highest BCUT2D eigenvalue weighted by Gasteiger charge is 2.33. The molecular weight excluding hydrogens is 268 g/mol. The molecule has 3 heterocycles. The third-order valence-electron chi connectivity index (χ3n) is 5.07. The van der Waals surface area contributed by atoms with E-state index >= 15 is 0 Å². The van der Waals surface area contributed by atoms with Crippen LogP contribution in [-0.4, -0.2) is 77.9 Å². The van der Waals surface area contributed by atoms with Gasteiger partial charge in [0.1, 0.15) is 0 Å². The quantitative estimate of drug-likeness (QED) is 0.769. The summed E-state index contributed by atoms with van der Waals surface area (Å²) < 4.78 is 0. The SMILES string of the molecule is NC1CCN(C2CCN(CC(=O)N3CCCC3=O)C2)CC1. The predicted octanol–water partition coefficient (Wildman–Crippen LogP) is -0.367. The average molecular weight is 294 g/mol. The number of rotatable bonds is 3. The van der Waals surface area contributed by atoms with Crippen LogP contribution in [0, 0.1) is 0 Å². The summed E-state index contributed by atoms with van der Waals surface area (Å²) in [5.74, 6) is -0.0143. The first-order valence-corrected chi connectivity index (χ1v) is 8.18. The van der Waals surface area contributed by atoms with Crippen molar-refractivity contribution in [3.8, 4) is 0 Å². The van der Waals surface area contributed by atoms with E-state index in [1.807, 2.05) is 0 Å². The second kappa shape index (κ2) is 6.42. The number of carbonyl (C=O) groups excluding carboxylic acids is 2. The molecule has 0 aromatic heterocycles. The molecule has 2 amide bonds. The molecule has 0 aromatic carbocycles. The van der Waals surface area contributed by atoms with Crippen molar-refractivity contribution in [2.75, 3.05) is 39.3 Å². The fourth-order valence-corrected chi connectivity index (χ4v) is 3.73. The Kier molecular flexibility index (Phi) is 4.57. The van der Waals surface area contributed by atoms with Gasteiger partial charge in [0.2, 0.25) is 11.8 Å². The van der Waals surface area contributed by atoms with Gasteiger partial charge < -0.3 is 5.73 Å². The van der Waals surface area contributed by atoms with Gasteiger partial charge >= 0.3 is 0 Å². The van der Waals surface area contributed by atoms with Crippen molar-refractivity contribution in [1.82, 2.24) is 14.7 Å². The highest BCUT2D eigenvalue weighted by molar-refractivity contribution is 5.97. The van der Waals surface area contributed by atoms with Crippen molar-refractivity contribution in [2.45, 2.75) is 44.2 Å². The summed E-state index contributed by atoms with van der Waals surface area (Å²) in [4.78, 5) is 29.9. The van der Waals surface area contributed by atoms with Crippen molar-refractivity contribution >= 4 is 11.8 Å². The molecule has 0 aromatic rings. The molecular formula is C15H26N4O2. The zero-order chi connectivity index (χ0) is 14.8. The van der Waals surface area contributed by atoms with Crippen LogP contribution in [0.5, 0.6) is 0 Å². The second-order valence-corrected chi connectivity index (χ2v) is 6.59. The molecule has 3 aliphatic heterocycles. The van der Waals surface area contributed by atoms with E-state index in [4.69, 9.17) is 5.73 Å². The molecule has 2 N–H and O–H groups in total. The number of hydrogen-bond acceptors (Lipinski definition) is 5. The van der Waals surface area contributed by atoms with Gasteiger partial charge in [-0.3, -0.25) is 24.3 Å². The van der Waals surface area contributed by atoms with Crippen molar-refractivity contribution in [3.05, 3.63) is 0 Å². The molecule has 6 heteroatoms. The van der Waals surface area contributed by atoms with Crippen LogP contribution >= 0.6 is 0 Å². The number of amides is 2. The number of nitrogens with two attached hydrogens (primary N) is 1. The standard InChI is InChI=1S/C15H26N4O2/c16-12-3-8-18(9-4-12)13-5-7-17(10-13)11-15(21)19-6-1-2-14(19)20/h12-13H,1-11,16H2. The minimum Gasteiger partial charge on any atom is -0.328 e. The molecule has 3 rings (SSSR count). The van der Waals surface area contributed by atoms with Crippen molar-refractivity contribution in [1.29, 1.82) is 0 Å². The van der Waals surface area contributed by atoms with Crippen LogP contribution in [0.1, 0.15) is 32.1 Å². The maximum atomic E-state index is 12.2. The van der Waals surface area contributed by atoms with Crippen molar-refractivity contribution in [2.24, 2.45) is 5.73 Å². The van der Waals surface area contributed by atoms with E-state index in [2.05, 4.69) is 9.80 Å². The zero-order valence-corrected chi connectivity index (χ0v) is 12.7. The summed E-state index contributed by atoms with van der Waals surface area (Å²) in [7, 11) is 0. The molecule has 0 radical (unpaired) electrons. The zero-order valence-electron chi connectivity index (χ0n) is 12.7. The summed E-state index contributed by atoms with van der Waals surface area (Å²) in [5, 5.41) is 0. The van der Waals surface area contributed by atoms with Gasteiger partial charge in [0.05, 0.1) is 6.54 Å². The molecule has 21 heavy (non-hydrogen) atoms. The van der Waals surface area contributed by atoms with E-state index in [1.54, 1.807) is 0 Å². The molecule has 3 saturated heterocycles. The lowest BCUT2D eigenvalue weighted by molar-refractivity contribution is -0.142. The summed E-state index contributed by atoms with van der Waals surface area (Å²) in [6.45, 7) is 5.08. The molecule has 1 unspecified atom stereocenters. The van der Waals surface area contributed by atoms with E-state index in [1.165, 1.54) is 4.90 Å². The highest BCUT2D eigenvalue weighted by atomic mass is 16.2. The normalized spacial score (nSPS) is 29.5. The van der Waals surface area contributed by atoms with E-state index in [-0.39, 0.29) is 11.8 Å². The van der Waals surface area contributed by atoms with Crippen LogP contribution in [0.4, 0.5) is 0 Å². The molecule has 3 fully saturated rings. The molecule has 0 bridgehead atoms. The summed E-state index contributed by atoms with van der Waals surface area (Å²) in [6.07, 6.45) is 4.63. The summed E-state index contributed by atoms with van der Waals surface area (Å²) in [6, 6.07) is 0.918. The van der Waals surface area contributed by atoms with Crippen LogP contribution in [0.3, 0.4) is 0 Å². The largest absolute Gasteiger partial charge is 0.328 e. The maximum Gasteiger partial charge on any atom is 0.243 e. The molecule has 0 spiro atoms. The maximum absolute atomic E-state index is 12.2. The second-order valence-electron chi connectivity index (χ2n) is 6.59. The van der Waals surface area contributed by atoms with E-state index in [9.17, 15) is 9.59 Å². The Morgan fingerprint density at radius 3 is 2.57 bits per heavy atom. The van der Waals surface area contributed by atoms with Gasteiger partial charge in [0, 0.05) is 38.1 Å².